The number of hydrogen-bond acceptors (Lipinski definition) is 2. The molecule has 1 aromatic rings. The summed E-state index contributed by atoms with van der Waals surface area (Å²) in [5, 5.41) is 10.9. The number of benzene rings is 1. The average molecular weight is 431 g/mol. The van der Waals surface area contributed by atoms with Crippen molar-refractivity contribution in [1.29, 1.82) is 0 Å². The number of rotatable bonds is 7. The minimum Gasteiger partial charge on any atom is -0.493 e. The van der Waals surface area contributed by atoms with Crippen molar-refractivity contribution < 1.29 is 42.6 Å². The molecule has 0 aromatic heterocycles. The number of unbranched alkanes of at least 4 members (excludes halogenated alkanes) is 1. The first-order chi connectivity index (χ1) is 10.6. The van der Waals surface area contributed by atoms with E-state index in [9.17, 15) is 5.11 Å². The van der Waals surface area contributed by atoms with Gasteiger partial charge < -0.3 is 16.8 Å². The van der Waals surface area contributed by atoms with Crippen LogP contribution in [0.4, 0.5) is 0 Å². The van der Waals surface area contributed by atoms with Crippen molar-refractivity contribution in [3.05, 3.63) is 48.4 Å². The summed E-state index contributed by atoms with van der Waals surface area (Å²) in [6, 6.07) is 7.27. The zero-order valence-electron chi connectivity index (χ0n) is 13.2. The normalized spacial score (nSPS) is 27.1. The van der Waals surface area contributed by atoms with Gasteiger partial charge in [0.2, 0.25) is 0 Å². The number of aliphatic hydroxyl groups is 1. The first-order valence-electron chi connectivity index (χ1n) is 7.76. The number of halogens is 2. The van der Waals surface area contributed by atoms with Gasteiger partial charge in [0, 0.05) is 49.0 Å². The van der Waals surface area contributed by atoms with E-state index in [1.807, 2.05) is 12.1 Å². The van der Waals surface area contributed by atoms with Crippen molar-refractivity contribution in [3.63, 3.8) is 0 Å². The van der Waals surface area contributed by atoms with E-state index in [1.54, 1.807) is 12.1 Å². The Kier molecular flexibility index (Phi) is 10.4. The van der Waals surface area contributed by atoms with Gasteiger partial charge in [-0.3, -0.25) is 0 Å². The van der Waals surface area contributed by atoms with E-state index >= 15 is 0 Å². The van der Waals surface area contributed by atoms with Crippen molar-refractivity contribution in [1.82, 2.24) is 0 Å². The van der Waals surface area contributed by atoms with Gasteiger partial charge in [-0.2, -0.15) is 6.42 Å². The molecule has 0 saturated heterocycles. The predicted octanol–water partition coefficient (Wildman–Crippen LogP) is 4.88. The van der Waals surface area contributed by atoms with Crippen LogP contribution in [0.15, 0.2) is 36.4 Å². The van der Waals surface area contributed by atoms with Crippen LogP contribution in [-0.2, 0) is 32.7 Å². The third-order valence-electron chi connectivity index (χ3n) is 4.18. The second kappa shape index (κ2) is 11.1. The fourth-order valence-corrected chi connectivity index (χ4v) is 3.50. The SMILES string of the molecule is [CH2-]CC/C=C\C[C@@H]1[C@@H](COc2ccc(Cl)cc2)[C@H](O)C[C@H]1Cl.[Y]. The van der Waals surface area contributed by atoms with E-state index in [4.69, 9.17) is 27.9 Å². The van der Waals surface area contributed by atoms with Crippen molar-refractivity contribution in [3.8, 4) is 5.75 Å². The molecular weight excluding hydrogens is 408 g/mol. The molecule has 2 rings (SSSR count). The molecule has 23 heavy (non-hydrogen) atoms. The van der Waals surface area contributed by atoms with Crippen LogP contribution >= 0.6 is 23.2 Å². The second-order valence-corrected chi connectivity index (χ2v) is 6.76. The third kappa shape index (κ3) is 6.67. The van der Waals surface area contributed by atoms with Gasteiger partial charge in [0.25, 0.3) is 0 Å². The summed E-state index contributed by atoms with van der Waals surface area (Å²) in [6.45, 7) is 4.29. The Bertz CT molecular complexity index is 478. The minimum absolute atomic E-state index is 0. The fraction of sp³-hybridized carbons (Fsp3) is 0.500. The van der Waals surface area contributed by atoms with Crippen molar-refractivity contribution in [2.75, 3.05) is 6.61 Å². The molecule has 5 heteroatoms. The summed E-state index contributed by atoms with van der Waals surface area (Å²) in [7, 11) is 0. The predicted molar refractivity (Wildman–Crippen MR) is 92.5 cm³/mol. The summed E-state index contributed by atoms with van der Waals surface area (Å²) in [4.78, 5) is 0. The molecule has 1 radical (unpaired) electrons. The Morgan fingerprint density at radius 2 is 1.91 bits per heavy atom. The van der Waals surface area contributed by atoms with Crippen LogP contribution in [0.25, 0.3) is 0 Å². The summed E-state index contributed by atoms with van der Waals surface area (Å²) >= 11 is 12.3. The van der Waals surface area contributed by atoms with Crippen molar-refractivity contribution in [2.24, 2.45) is 11.8 Å². The van der Waals surface area contributed by atoms with Crippen LogP contribution in [0, 0.1) is 18.8 Å². The number of alkyl halides is 1. The monoisotopic (exact) mass is 430 g/mol. The van der Waals surface area contributed by atoms with Crippen LogP contribution < -0.4 is 4.74 Å². The molecule has 0 unspecified atom stereocenters. The van der Waals surface area contributed by atoms with Gasteiger partial charge in [0.05, 0.1) is 12.7 Å². The Balaban J connectivity index is 0.00000264. The van der Waals surface area contributed by atoms with Crippen LogP contribution in [-0.4, -0.2) is 23.2 Å². The molecule has 1 aliphatic rings. The molecule has 1 N–H and O–H groups in total. The molecule has 4 atom stereocenters. The molecule has 0 bridgehead atoms. The maximum atomic E-state index is 10.2. The van der Waals surface area contributed by atoms with E-state index in [-0.39, 0.29) is 49.9 Å². The summed E-state index contributed by atoms with van der Waals surface area (Å²) < 4.78 is 5.81. The molecule has 1 fully saturated rings. The maximum Gasteiger partial charge on any atom is 0.119 e. The average Bonchev–Trinajstić information content (AvgIpc) is 2.77. The summed E-state index contributed by atoms with van der Waals surface area (Å²) in [5.74, 6) is 1.06. The smallest absolute Gasteiger partial charge is 0.119 e. The summed E-state index contributed by atoms with van der Waals surface area (Å²) in [6.07, 6.45) is 7.27. The summed E-state index contributed by atoms with van der Waals surface area (Å²) in [5.41, 5.74) is 0. The zero-order chi connectivity index (χ0) is 15.9. The van der Waals surface area contributed by atoms with Crippen LogP contribution in [0.5, 0.6) is 5.75 Å². The van der Waals surface area contributed by atoms with Gasteiger partial charge in [-0.15, -0.1) is 11.6 Å². The van der Waals surface area contributed by atoms with Crippen molar-refractivity contribution >= 4 is 23.2 Å². The molecule has 0 heterocycles. The van der Waals surface area contributed by atoms with E-state index in [0.717, 1.165) is 25.0 Å². The van der Waals surface area contributed by atoms with Crippen LogP contribution in [0.3, 0.4) is 0 Å². The Hall–Kier alpha value is 0.404. The Labute approximate surface area is 174 Å². The van der Waals surface area contributed by atoms with Gasteiger partial charge in [-0.25, -0.2) is 0 Å². The molecule has 1 aliphatic carbocycles. The van der Waals surface area contributed by atoms with Gasteiger partial charge >= 0.3 is 0 Å². The number of hydrogen-bond donors (Lipinski definition) is 1. The molecular formula is C18H23Cl2O2Y-. The van der Waals surface area contributed by atoms with E-state index in [0.29, 0.717) is 18.1 Å². The minimum atomic E-state index is -0.402. The maximum absolute atomic E-state index is 10.2. The largest absolute Gasteiger partial charge is 0.493 e. The van der Waals surface area contributed by atoms with Gasteiger partial charge in [-0.1, -0.05) is 30.2 Å². The Morgan fingerprint density at radius 3 is 2.57 bits per heavy atom. The molecule has 0 aliphatic heterocycles. The van der Waals surface area contributed by atoms with Crippen LogP contribution in [0.1, 0.15) is 25.7 Å². The molecule has 0 amide bonds. The quantitative estimate of drug-likeness (QED) is 0.379. The van der Waals surface area contributed by atoms with E-state index < -0.39 is 6.10 Å². The molecule has 1 saturated carbocycles. The molecule has 0 spiro atoms. The van der Waals surface area contributed by atoms with Crippen molar-refractivity contribution in [2.45, 2.75) is 37.2 Å². The Morgan fingerprint density at radius 1 is 1.22 bits per heavy atom. The molecule has 125 valence electrons. The fourth-order valence-electron chi connectivity index (χ4n) is 2.90. The number of allylic oxidation sites excluding steroid dienone is 2. The number of aliphatic hydroxyl groups excluding tert-OH is 1. The first kappa shape index (κ1) is 21.4. The standard InChI is InChI=1S/C18H23Cl2O2.Y/c1-2-3-4-5-6-15-16(18(21)11-17(15)20)12-22-14-9-7-13(19)8-10-14;/h4-5,7-10,15-18,21H,1-3,6,11-12H2;/q-1;/b5-4-;/t15-,16-,17-,18-;/m1./s1. The van der Waals surface area contributed by atoms with Gasteiger partial charge in [0.1, 0.15) is 5.75 Å². The number of ether oxygens (including phenoxy) is 1. The van der Waals surface area contributed by atoms with Gasteiger partial charge in [-0.05, 0) is 43.0 Å². The molecule has 2 nitrogen and oxygen atoms in total. The zero-order valence-corrected chi connectivity index (χ0v) is 17.6. The third-order valence-corrected chi connectivity index (χ3v) is 4.93. The van der Waals surface area contributed by atoms with E-state index in [2.05, 4.69) is 19.1 Å². The topological polar surface area (TPSA) is 29.5 Å². The van der Waals surface area contributed by atoms with E-state index in [1.165, 1.54) is 0 Å². The molecule has 1 aromatic carbocycles. The van der Waals surface area contributed by atoms with Gasteiger partial charge in [0.15, 0.2) is 0 Å². The first-order valence-corrected chi connectivity index (χ1v) is 8.58. The van der Waals surface area contributed by atoms with Crippen LogP contribution in [0.2, 0.25) is 5.02 Å². The second-order valence-electron chi connectivity index (χ2n) is 5.76.